The van der Waals surface area contributed by atoms with Crippen LogP contribution in [0, 0.1) is 22.7 Å². The lowest BCUT2D eigenvalue weighted by Gasteiger charge is -2.54. The number of Topliss-reactive ketones (excluding diaryl/α,β-unsaturated/α-hetero) is 1. The van der Waals surface area contributed by atoms with E-state index in [4.69, 9.17) is 33.2 Å². The largest absolute Gasteiger partial charge is 0.463 e. The third-order valence-corrected chi connectivity index (χ3v) is 12.7. The molecule has 2 aliphatic carbocycles. The Balaban J connectivity index is 1.87. The molecule has 0 aromatic carbocycles. The van der Waals surface area contributed by atoms with Gasteiger partial charge in [0.1, 0.15) is 48.5 Å². The van der Waals surface area contributed by atoms with Gasteiger partial charge >= 0.3 is 29.8 Å². The number of hydrogen-bond donors (Lipinski definition) is 2. The van der Waals surface area contributed by atoms with E-state index in [9.17, 15) is 39.0 Å². The first-order chi connectivity index (χ1) is 28.2. The number of rotatable bonds is 17. The third kappa shape index (κ3) is 13.8. The first kappa shape index (κ1) is 51.4. The zero-order chi connectivity index (χ0) is 46.2. The molecule has 15 nitrogen and oxygen atoms in total. The van der Waals surface area contributed by atoms with E-state index in [0.29, 0.717) is 50.5 Å². The number of hydrogen-bond acceptors (Lipinski definition) is 15. The molecule has 0 radical (unpaired) electrons. The highest BCUT2D eigenvalue weighted by molar-refractivity contribution is 5.87. The zero-order valence-corrected chi connectivity index (χ0v) is 38.4. The number of ether oxygens (including phenoxy) is 7. The van der Waals surface area contributed by atoms with Crippen LogP contribution in [-0.2, 0) is 61.9 Å². The van der Waals surface area contributed by atoms with E-state index in [1.165, 1.54) is 27.7 Å². The van der Waals surface area contributed by atoms with Crippen molar-refractivity contribution in [3.8, 4) is 0 Å². The van der Waals surface area contributed by atoms with Gasteiger partial charge in [-0.3, -0.25) is 28.8 Å². The molecule has 0 amide bonds. The Hall–Kier alpha value is -3.92. The van der Waals surface area contributed by atoms with Crippen LogP contribution in [0.4, 0.5) is 0 Å². The molecule has 11 atom stereocenters. The maximum absolute atomic E-state index is 12.9. The van der Waals surface area contributed by atoms with Crippen LogP contribution >= 0.6 is 0 Å². The zero-order valence-electron chi connectivity index (χ0n) is 38.4. The smallest absolute Gasteiger partial charge is 0.303 e. The summed E-state index contributed by atoms with van der Waals surface area (Å²) >= 11 is 0. The SMILES string of the molecule is CC(=O)OCC1OC(OC2CCC(C)(OC(C)=O)C(CC/C(C)=C/CC(/C=C(\C)C(CC3C(C)=CCC(=O)C3(C)C)OC(C)=O)OC(C)=O)C2(C)C)C(OC(C)=O)C(O)C1O. The number of ketones is 1. The molecule has 1 heterocycles. The Morgan fingerprint density at radius 2 is 1.52 bits per heavy atom. The molecule has 15 heteroatoms. The number of aliphatic hydroxyl groups excluding tert-OH is 2. The van der Waals surface area contributed by atoms with Gasteiger partial charge in [0.15, 0.2) is 12.4 Å². The van der Waals surface area contributed by atoms with Gasteiger partial charge in [-0.05, 0) is 82.8 Å². The molecule has 2 fully saturated rings. The van der Waals surface area contributed by atoms with Crippen molar-refractivity contribution >= 4 is 35.6 Å². The maximum Gasteiger partial charge on any atom is 0.303 e. The summed E-state index contributed by atoms with van der Waals surface area (Å²) in [7, 11) is 0. The first-order valence-corrected chi connectivity index (χ1v) is 21.2. The van der Waals surface area contributed by atoms with Crippen LogP contribution in [0.2, 0.25) is 0 Å². The van der Waals surface area contributed by atoms with E-state index >= 15 is 0 Å². The van der Waals surface area contributed by atoms with Gasteiger partial charge in [0.05, 0.1) is 6.10 Å². The number of carbonyl (C=O) groups excluding carboxylic acids is 6. The molecular formula is C46H70O15. The highest BCUT2D eigenvalue weighted by Crippen LogP contribution is 2.52. The van der Waals surface area contributed by atoms with E-state index in [1.54, 1.807) is 6.08 Å². The third-order valence-electron chi connectivity index (χ3n) is 12.7. The topological polar surface area (TPSA) is 207 Å². The quantitative estimate of drug-likeness (QED) is 0.0985. The predicted molar refractivity (Wildman–Crippen MR) is 222 cm³/mol. The lowest BCUT2D eigenvalue weighted by atomic mass is 9.58. The minimum atomic E-state index is -1.61. The molecule has 1 saturated carbocycles. The van der Waals surface area contributed by atoms with Gasteiger partial charge in [-0.1, -0.05) is 51.0 Å². The van der Waals surface area contributed by atoms with E-state index < -0.39 is 95.3 Å². The average molecular weight is 863 g/mol. The summed E-state index contributed by atoms with van der Waals surface area (Å²) in [6, 6.07) is 0. The van der Waals surface area contributed by atoms with Gasteiger partial charge in [0.2, 0.25) is 0 Å². The molecule has 344 valence electrons. The fraction of sp³-hybridized carbons (Fsp3) is 0.739. The molecule has 2 N–H and O–H groups in total. The van der Waals surface area contributed by atoms with Gasteiger partial charge < -0.3 is 43.4 Å². The summed E-state index contributed by atoms with van der Waals surface area (Å²) in [6.45, 7) is 21.5. The highest BCUT2D eigenvalue weighted by Gasteiger charge is 2.56. The summed E-state index contributed by atoms with van der Waals surface area (Å²) in [6.07, 6.45) is -0.268. The van der Waals surface area contributed by atoms with Crippen molar-refractivity contribution < 1.29 is 72.1 Å². The highest BCUT2D eigenvalue weighted by atomic mass is 16.7. The Labute approximate surface area is 360 Å². The average Bonchev–Trinajstić information content (AvgIpc) is 3.12. The second kappa shape index (κ2) is 21.4. The molecule has 0 bridgehead atoms. The predicted octanol–water partition coefficient (Wildman–Crippen LogP) is 5.95. The summed E-state index contributed by atoms with van der Waals surface area (Å²) in [5.41, 5.74) is 0.473. The fourth-order valence-corrected chi connectivity index (χ4v) is 9.38. The fourth-order valence-electron chi connectivity index (χ4n) is 9.38. The van der Waals surface area contributed by atoms with E-state index in [0.717, 1.165) is 18.1 Å². The van der Waals surface area contributed by atoms with Crippen molar-refractivity contribution in [3.63, 3.8) is 0 Å². The van der Waals surface area contributed by atoms with Crippen LogP contribution in [0.15, 0.2) is 34.9 Å². The molecule has 0 aromatic rings. The van der Waals surface area contributed by atoms with Gasteiger partial charge in [0.25, 0.3) is 0 Å². The van der Waals surface area contributed by atoms with Crippen LogP contribution in [0.5, 0.6) is 0 Å². The minimum Gasteiger partial charge on any atom is -0.463 e. The van der Waals surface area contributed by atoms with Gasteiger partial charge in [-0.25, -0.2) is 0 Å². The Morgan fingerprint density at radius 3 is 2.10 bits per heavy atom. The Bertz CT molecular complexity index is 1700. The first-order valence-electron chi connectivity index (χ1n) is 21.2. The van der Waals surface area contributed by atoms with Crippen LogP contribution in [0.1, 0.15) is 135 Å². The molecule has 3 aliphatic rings. The normalized spacial score (nSPS) is 31.2. The van der Waals surface area contributed by atoms with Crippen LogP contribution in [0.25, 0.3) is 0 Å². The molecule has 1 aliphatic heterocycles. The van der Waals surface area contributed by atoms with E-state index in [2.05, 4.69) is 0 Å². The summed E-state index contributed by atoms with van der Waals surface area (Å²) in [5.74, 6) is -3.05. The molecule has 1 saturated heterocycles. The van der Waals surface area contributed by atoms with Crippen molar-refractivity contribution in [3.05, 3.63) is 34.9 Å². The second-order valence-electron chi connectivity index (χ2n) is 18.4. The lowest BCUT2D eigenvalue weighted by Crippen LogP contribution is -2.63. The van der Waals surface area contributed by atoms with Crippen molar-refractivity contribution in [1.82, 2.24) is 0 Å². The van der Waals surface area contributed by atoms with Crippen LogP contribution in [-0.4, -0.2) is 107 Å². The molecule has 0 spiro atoms. The van der Waals surface area contributed by atoms with Crippen LogP contribution in [0.3, 0.4) is 0 Å². The number of esters is 5. The number of allylic oxidation sites excluding steroid dienone is 3. The summed E-state index contributed by atoms with van der Waals surface area (Å²) in [5, 5.41) is 21.8. The van der Waals surface area contributed by atoms with Gasteiger partial charge in [0, 0.05) is 58.8 Å². The standard InChI is InChI=1S/C46H70O15/c1-25(14-17-33(56-29(5)48)22-27(3)35(57-30(6)49)23-34-26(2)16-19-38(52)44(34,9)10)15-18-37-45(11,12)39(20-21-46(37,13)61-32(8)51)60-43-42(58-31(7)50)41(54)40(53)36(59-43)24-55-28(4)47/h14,16,22,33-37,39-43,53-54H,15,17-21,23-24H2,1-13H3/b25-14+,27-22+. The van der Waals surface area contributed by atoms with Gasteiger partial charge in [-0.2, -0.15) is 0 Å². The van der Waals surface area contributed by atoms with E-state index in [1.807, 2.05) is 67.5 Å². The molecule has 0 aromatic heterocycles. The van der Waals surface area contributed by atoms with Gasteiger partial charge in [-0.15, -0.1) is 0 Å². The Kier molecular flexibility index (Phi) is 18.1. The summed E-state index contributed by atoms with van der Waals surface area (Å²) < 4.78 is 40.6. The van der Waals surface area contributed by atoms with Crippen molar-refractivity contribution in [2.24, 2.45) is 22.7 Å². The summed E-state index contributed by atoms with van der Waals surface area (Å²) in [4.78, 5) is 73.6. The lowest BCUT2D eigenvalue weighted by molar-refractivity contribution is -0.329. The van der Waals surface area contributed by atoms with E-state index in [-0.39, 0.29) is 24.2 Å². The second-order valence-corrected chi connectivity index (χ2v) is 18.4. The number of carbonyl (C=O) groups is 6. The molecule has 11 unspecified atom stereocenters. The molecular weight excluding hydrogens is 792 g/mol. The van der Waals surface area contributed by atoms with Crippen LogP contribution < -0.4 is 0 Å². The minimum absolute atomic E-state index is 0.121. The molecule has 3 rings (SSSR count). The molecule has 61 heavy (non-hydrogen) atoms. The van der Waals surface area contributed by atoms with Crippen molar-refractivity contribution in [2.45, 2.75) is 190 Å². The van der Waals surface area contributed by atoms with Crippen molar-refractivity contribution in [2.75, 3.05) is 6.61 Å². The maximum atomic E-state index is 12.9. The van der Waals surface area contributed by atoms with Crippen molar-refractivity contribution in [1.29, 1.82) is 0 Å². The number of aliphatic hydroxyl groups is 2. The Morgan fingerprint density at radius 1 is 0.885 bits per heavy atom. The monoisotopic (exact) mass is 862 g/mol.